The normalized spacial score (nSPS) is 17.6. The molecule has 122 valence electrons. The molecule has 1 aromatic rings. The fourth-order valence-corrected chi connectivity index (χ4v) is 2.64. The van der Waals surface area contributed by atoms with Crippen LogP contribution in [-0.4, -0.2) is 72.4 Å². The second kappa shape index (κ2) is 8.19. The number of likely N-dealkylation sites (N-methyl/N-ethyl adjacent to an activating group) is 1. The minimum atomic E-state index is -0.443. The molecule has 0 spiro atoms. The SMILES string of the molecule is CN(Cc1cccc([N+](=O)[O-])c1)CC(O)CN1CCOCC1. The first-order chi connectivity index (χ1) is 10.5. The van der Waals surface area contributed by atoms with E-state index in [1.165, 1.54) is 6.07 Å². The smallest absolute Gasteiger partial charge is 0.269 e. The van der Waals surface area contributed by atoms with Gasteiger partial charge in [0.15, 0.2) is 0 Å². The lowest BCUT2D eigenvalue weighted by Gasteiger charge is -2.30. The van der Waals surface area contributed by atoms with Gasteiger partial charge in [-0.3, -0.25) is 19.9 Å². The van der Waals surface area contributed by atoms with Gasteiger partial charge in [-0.25, -0.2) is 0 Å². The fraction of sp³-hybridized carbons (Fsp3) is 0.600. The lowest BCUT2D eigenvalue weighted by molar-refractivity contribution is -0.384. The van der Waals surface area contributed by atoms with Gasteiger partial charge in [-0.2, -0.15) is 0 Å². The number of hydrogen-bond donors (Lipinski definition) is 1. The number of benzene rings is 1. The molecule has 1 saturated heterocycles. The summed E-state index contributed by atoms with van der Waals surface area (Å²) in [6.45, 7) is 4.87. The third-order valence-electron chi connectivity index (χ3n) is 3.67. The molecule has 7 heteroatoms. The number of morpholine rings is 1. The Balaban J connectivity index is 1.80. The van der Waals surface area contributed by atoms with E-state index in [1.807, 2.05) is 18.0 Å². The van der Waals surface area contributed by atoms with Gasteiger partial charge in [0, 0.05) is 44.9 Å². The third kappa shape index (κ3) is 5.34. The van der Waals surface area contributed by atoms with Crippen molar-refractivity contribution in [3.8, 4) is 0 Å². The molecule has 0 aromatic heterocycles. The van der Waals surface area contributed by atoms with Gasteiger partial charge in [0.2, 0.25) is 0 Å². The monoisotopic (exact) mass is 309 g/mol. The lowest BCUT2D eigenvalue weighted by Crippen LogP contribution is -2.43. The molecule has 0 saturated carbocycles. The van der Waals surface area contributed by atoms with Gasteiger partial charge in [-0.05, 0) is 12.6 Å². The first-order valence-corrected chi connectivity index (χ1v) is 7.44. The molecule has 0 aliphatic carbocycles. The van der Waals surface area contributed by atoms with Crippen LogP contribution < -0.4 is 0 Å². The number of hydrogen-bond acceptors (Lipinski definition) is 6. The molecule has 1 aliphatic heterocycles. The van der Waals surface area contributed by atoms with Crippen molar-refractivity contribution in [3.63, 3.8) is 0 Å². The maximum Gasteiger partial charge on any atom is 0.269 e. The van der Waals surface area contributed by atoms with Crippen molar-refractivity contribution in [2.45, 2.75) is 12.6 Å². The van der Waals surface area contributed by atoms with Crippen LogP contribution >= 0.6 is 0 Å². The number of nitro groups is 1. The van der Waals surface area contributed by atoms with E-state index in [2.05, 4.69) is 4.90 Å². The zero-order valence-corrected chi connectivity index (χ0v) is 12.9. The summed E-state index contributed by atoms with van der Waals surface area (Å²) in [6, 6.07) is 6.60. The van der Waals surface area contributed by atoms with Crippen molar-refractivity contribution in [1.82, 2.24) is 9.80 Å². The Kier molecular flexibility index (Phi) is 6.26. The van der Waals surface area contributed by atoms with Crippen LogP contribution in [0.3, 0.4) is 0 Å². The van der Waals surface area contributed by atoms with Gasteiger partial charge in [-0.1, -0.05) is 12.1 Å². The molecule has 1 atom stereocenters. The molecule has 2 rings (SSSR count). The number of ether oxygens (including phenoxy) is 1. The van der Waals surface area contributed by atoms with E-state index in [-0.39, 0.29) is 5.69 Å². The Bertz CT molecular complexity index is 491. The molecule has 1 aromatic carbocycles. The van der Waals surface area contributed by atoms with Gasteiger partial charge < -0.3 is 9.84 Å². The van der Waals surface area contributed by atoms with Crippen molar-refractivity contribution < 1.29 is 14.8 Å². The minimum Gasteiger partial charge on any atom is -0.390 e. The average molecular weight is 309 g/mol. The fourth-order valence-electron chi connectivity index (χ4n) is 2.64. The number of aliphatic hydroxyl groups excluding tert-OH is 1. The second-order valence-electron chi connectivity index (χ2n) is 5.69. The third-order valence-corrected chi connectivity index (χ3v) is 3.67. The summed E-state index contributed by atoms with van der Waals surface area (Å²) in [6.07, 6.45) is -0.443. The van der Waals surface area contributed by atoms with Crippen molar-refractivity contribution in [1.29, 1.82) is 0 Å². The van der Waals surface area contributed by atoms with Crippen LogP contribution in [0, 0.1) is 10.1 Å². The van der Waals surface area contributed by atoms with Crippen LogP contribution in [0.5, 0.6) is 0 Å². The van der Waals surface area contributed by atoms with E-state index >= 15 is 0 Å². The maximum absolute atomic E-state index is 10.8. The van der Waals surface area contributed by atoms with Crippen molar-refractivity contribution in [2.75, 3.05) is 46.4 Å². The van der Waals surface area contributed by atoms with Gasteiger partial charge in [0.05, 0.1) is 24.2 Å². The molecular weight excluding hydrogens is 286 g/mol. The van der Waals surface area contributed by atoms with E-state index in [1.54, 1.807) is 12.1 Å². The van der Waals surface area contributed by atoms with Gasteiger partial charge >= 0.3 is 0 Å². The molecule has 7 nitrogen and oxygen atoms in total. The molecule has 22 heavy (non-hydrogen) atoms. The molecule has 0 amide bonds. The highest BCUT2D eigenvalue weighted by atomic mass is 16.6. The van der Waals surface area contributed by atoms with Crippen LogP contribution in [0.1, 0.15) is 5.56 Å². The largest absolute Gasteiger partial charge is 0.390 e. The Morgan fingerprint density at radius 2 is 2.18 bits per heavy atom. The van der Waals surface area contributed by atoms with Crippen LogP contribution in [-0.2, 0) is 11.3 Å². The Labute approximate surface area is 130 Å². The number of non-ortho nitro benzene ring substituents is 1. The minimum absolute atomic E-state index is 0.0970. The zero-order chi connectivity index (χ0) is 15.9. The van der Waals surface area contributed by atoms with E-state index in [9.17, 15) is 15.2 Å². The molecule has 1 aliphatic rings. The predicted molar refractivity (Wildman–Crippen MR) is 82.7 cm³/mol. The van der Waals surface area contributed by atoms with Crippen LogP contribution in [0.2, 0.25) is 0 Å². The summed E-state index contributed by atoms with van der Waals surface area (Å²) in [5.41, 5.74) is 0.968. The van der Waals surface area contributed by atoms with Gasteiger partial charge in [0.25, 0.3) is 5.69 Å². The van der Waals surface area contributed by atoms with Crippen molar-refractivity contribution in [2.24, 2.45) is 0 Å². The first-order valence-electron chi connectivity index (χ1n) is 7.44. The topological polar surface area (TPSA) is 79.1 Å². The number of rotatable bonds is 7. The highest BCUT2D eigenvalue weighted by Crippen LogP contribution is 2.14. The summed E-state index contributed by atoms with van der Waals surface area (Å²) in [4.78, 5) is 14.5. The highest BCUT2D eigenvalue weighted by molar-refractivity contribution is 5.34. The predicted octanol–water partition coefficient (Wildman–Crippen LogP) is 0.720. The number of aliphatic hydroxyl groups is 1. The summed E-state index contributed by atoms with van der Waals surface area (Å²) in [5.74, 6) is 0. The summed E-state index contributed by atoms with van der Waals surface area (Å²) in [5, 5.41) is 20.9. The second-order valence-corrected chi connectivity index (χ2v) is 5.69. The Morgan fingerprint density at radius 1 is 1.45 bits per heavy atom. The Hall–Kier alpha value is -1.54. The molecule has 1 heterocycles. The summed E-state index contributed by atoms with van der Waals surface area (Å²) >= 11 is 0. The van der Waals surface area contributed by atoms with E-state index in [0.717, 1.165) is 31.9 Å². The quantitative estimate of drug-likeness (QED) is 0.590. The maximum atomic E-state index is 10.8. The Morgan fingerprint density at radius 3 is 2.86 bits per heavy atom. The summed E-state index contributed by atoms with van der Waals surface area (Å²) < 4.78 is 5.28. The molecule has 1 fully saturated rings. The molecule has 1 N–H and O–H groups in total. The molecule has 0 bridgehead atoms. The van der Waals surface area contributed by atoms with Crippen LogP contribution in [0.15, 0.2) is 24.3 Å². The van der Waals surface area contributed by atoms with E-state index in [0.29, 0.717) is 19.6 Å². The van der Waals surface area contributed by atoms with Crippen LogP contribution in [0.25, 0.3) is 0 Å². The van der Waals surface area contributed by atoms with E-state index in [4.69, 9.17) is 4.74 Å². The van der Waals surface area contributed by atoms with Gasteiger partial charge in [0.1, 0.15) is 0 Å². The highest BCUT2D eigenvalue weighted by Gasteiger charge is 2.16. The molecule has 0 radical (unpaired) electrons. The van der Waals surface area contributed by atoms with Crippen molar-refractivity contribution >= 4 is 5.69 Å². The number of β-amino-alcohol motifs (C(OH)–C–C–N with tert-alkyl or cyclic N) is 1. The first kappa shape index (κ1) is 16.8. The van der Waals surface area contributed by atoms with Crippen LogP contribution in [0.4, 0.5) is 5.69 Å². The van der Waals surface area contributed by atoms with Crippen molar-refractivity contribution in [3.05, 3.63) is 39.9 Å². The molecular formula is C15H23N3O4. The lowest BCUT2D eigenvalue weighted by atomic mass is 10.2. The van der Waals surface area contributed by atoms with Gasteiger partial charge in [-0.15, -0.1) is 0 Å². The number of nitrogens with zero attached hydrogens (tertiary/aromatic N) is 3. The number of nitro benzene ring substituents is 1. The average Bonchev–Trinajstić information content (AvgIpc) is 2.48. The standard InChI is InChI=1S/C15H23N3O4/c1-16(10-13-3-2-4-14(9-13)18(20)21)11-15(19)12-17-5-7-22-8-6-17/h2-4,9,15,19H,5-8,10-12H2,1H3. The molecule has 1 unspecified atom stereocenters. The van der Waals surface area contributed by atoms with E-state index < -0.39 is 11.0 Å². The summed E-state index contributed by atoms with van der Waals surface area (Å²) in [7, 11) is 1.90. The zero-order valence-electron chi connectivity index (χ0n) is 12.9.